The standard InChI is InChI=1S/C16H22FNO2/c1-12(2)16(19)18-9-7-13(8-10-18)11-20-15-5-3-14(17)4-6-15/h3-6,12-13H,7-11H2,1-2H3. The number of hydrogen-bond acceptors (Lipinski definition) is 2. The van der Waals surface area contributed by atoms with Gasteiger partial charge in [-0.15, -0.1) is 0 Å². The van der Waals surface area contributed by atoms with E-state index in [1.54, 1.807) is 12.1 Å². The highest BCUT2D eigenvalue weighted by Crippen LogP contribution is 2.20. The molecule has 20 heavy (non-hydrogen) atoms. The van der Waals surface area contributed by atoms with Crippen LogP contribution in [0.5, 0.6) is 5.75 Å². The summed E-state index contributed by atoms with van der Waals surface area (Å²) in [6.45, 7) is 6.14. The maximum atomic E-state index is 12.8. The average molecular weight is 279 g/mol. The first-order valence-corrected chi connectivity index (χ1v) is 7.23. The van der Waals surface area contributed by atoms with Crippen LogP contribution in [0.15, 0.2) is 24.3 Å². The molecule has 0 aromatic heterocycles. The molecule has 0 radical (unpaired) electrons. The highest BCUT2D eigenvalue weighted by molar-refractivity contribution is 5.78. The SMILES string of the molecule is CC(C)C(=O)N1CCC(COc2ccc(F)cc2)CC1. The number of ether oxygens (including phenoxy) is 1. The number of likely N-dealkylation sites (tertiary alicyclic amines) is 1. The van der Waals surface area contributed by atoms with Crippen molar-refractivity contribution in [1.29, 1.82) is 0 Å². The van der Waals surface area contributed by atoms with Gasteiger partial charge < -0.3 is 9.64 Å². The fourth-order valence-electron chi connectivity index (χ4n) is 2.43. The Hall–Kier alpha value is -1.58. The first-order valence-electron chi connectivity index (χ1n) is 7.23. The third-order valence-electron chi connectivity index (χ3n) is 3.72. The zero-order valence-electron chi connectivity index (χ0n) is 12.1. The van der Waals surface area contributed by atoms with Crippen LogP contribution in [0.25, 0.3) is 0 Å². The zero-order valence-corrected chi connectivity index (χ0v) is 12.1. The van der Waals surface area contributed by atoms with Gasteiger partial charge in [0.1, 0.15) is 11.6 Å². The predicted molar refractivity (Wildman–Crippen MR) is 76.0 cm³/mol. The summed E-state index contributed by atoms with van der Waals surface area (Å²) in [5.74, 6) is 1.23. The van der Waals surface area contributed by atoms with E-state index in [0.717, 1.165) is 25.9 Å². The lowest BCUT2D eigenvalue weighted by Gasteiger charge is -2.33. The molecule has 2 rings (SSSR count). The summed E-state index contributed by atoms with van der Waals surface area (Å²) in [6, 6.07) is 6.10. The van der Waals surface area contributed by atoms with Crippen molar-refractivity contribution >= 4 is 5.91 Å². The number of hydrogen-bond donors (Lipinski definition) is 0. The van der Waals surface area contributed by atoms with Crippen molar-refractivity contribution in [3.8, 4) is 5.75 Å². The molecule has 1 aromatic carbocycles. The van der Waals surface area contributed by atoms with Crippen LogP contribution in [0, 0.1) is 17.7 Å². The molecule has 3 nitrogen and oxygen atoms in total. The maximum absolute atomic E-state index is 12.8. The lowest BCUT2D eigenvalue weighted by atomic mass is 9.97. The third-order valence-corrected chi connectivity index (χ3v) is 3.72. The van der Waals surface area contributed by atoms with Gasteiger partial charge in [-0.1, -0.05) is 13.8 Å². The minimum absolute atomic E-state index is 0.0713. The molecule has 0 spiro atoms. The van der Waals surface area contributed by atoms with Crippen LogP contribution in [0.4, 0.5) is 4.39 Å². The molecule has 0 bridgehead atoms. The molecule has 0 unspecified atom stereocenters. The van der Waals surface area contributed by atoms with E-state index in [1.165, 1.54) is 12.1 Å². The molecule has 1 aliphatic rings. The van der Waals surface area contributed by atoms with Crippen LogP contribution in [0.2, 0.25) is 0 Å². The number of carbonyl (C=O) groups is 1. The molecule has 0 N–H and O–H groups in total. The lowest BCUT2D eigenvalue weighted by Crippen LogP contribution is -2.41. The predicted octanol–water partition coefficient (Wildman–Crippen LogP) is 3.10. The second-order valence-electron chi connectivity index (χ2n) is 5.69. The quantitative estimate of drug-likeness (QED) is 0.847. The first-order chi connectivity index (χ1) is 9.56. The molecule has 1 amide bonds. The number of carbonyl (C=O) groups excluding carboxylic acids is 1. The Morgan fingerprint density at radius 1 is 1.30 bits per heavy atom. The number of amides is 1. The summed E-state index contributed by atoms with van der Waals surface area (Å²) >= 11 is 0. The second kappa shape index (κ2) is 6.73. The molecule has 0 aliphatic carbocycles. The van der Waals surface area contributed by atoms with Gasteiger partial charge in [-0.25, -0.2) is 4.39 Å². The Balaban J connectivity index is 1.74. The van der Waals surface area contributed by atoms with Crippen molar-refractivity contribution in [3.05, 3.63) is 30.1 Å². The Morgan fingerprint density at radius 2 is 1.90 bits per heavy atom. The summed E-state index contributed by atoms with van der Waals surface area (Å²) < 4.78 is 18.4. The molecule has 1 saturated heterocycles. The van der Waals surface area contributed by atoms with Crippen molar-refractivity contribution < 1.29 is 13.9 Å². The van der Waals surface area contributed by atoms with Crippen LogP contribution in [0.1, 0.15) is 26.7 Å². The van der Waals surface area contributed by atoms with E-state index in [9.17, 15) is 9.18 Å². The summed E-state index contributed by atoms with van der Waals surface area (Å²) in [5.41, 5.74) is 0. The largest absolute Gasteiger partial charge is 0.493 e. The summed E-state index contributed by atoms with van der Waals surface area (Å²) in [7, 11) is 0. The molecule has 4 heteroatoms. The Morgan fingerprint density at radius 3 is 2.45 bits per heavy atom. The molecule has 1 aliphatic heterocycles. The number of piperidine rings is 1. The van der Waals surface area contributed by atoms with Gasteiger partial charge in [0.15, 0.2) is 0 Å². The van der Waals surface area contributed by atoms with Gasteiger partial charge in [0.05, 0.1) is 6.61 Å². The van der Waals surface area contributed by atoms with Crippen molar-refractivity contribution in [2.45, 2.75) is 26.7 Å². The molecule has 0 atom stereocenters. The van der Waals surface area contributed by atoms with Crippen molar-refractivity contribution in [2.24, 2.45) is 11.8 Å². The van der Waals surface area contributed by atoms with Gasteiger partial charge in [0, 0.05) is 19.0 Å². The van der Waals surface area contributed by atoms with E-state index in [4.69, 9.17) is 4.74 Å². The minimum Gasteiger partial charge on any atom is -0.493 e. The van der Waals surface area contributed by atoms with Crippen LogP contribution in [-0.2, 0) is 4.79 Å². The van der Waals surface area contributed by atoms with Crippen LogP contribution in [0.3, 0.4) is 0 Å². The highest BCUT2D eigenvalue weighted by atomic mass is 19.1. The number of halogens is 1. The smallest absolute Gasteiger partial charge is 0.225 e. The topological polar surface area (TPSA) is 29.5 Å². The Bertz CT molecular complexity index is 436. The maximum Gasteiger partial charge on any atom is 0.225 e. The van der Waals surface area contributed by atoms with E-state index in [-0.39, 0.29) is 17.6 Å². The van der Waals surface area contributed by atoms with Gasteiger partial charge in [0.2, 0.25) is 5.91 Å². The molecule has 110 valence electrons. The third kappa shape index (κ3) is 3.95. The van der Waals surface area contributed by atoms with Crippen LogP contribution >= 0.6 is 0 Å². The van der Waals surface area contributed by atoms with E-state index < -0.39 is 0 Å². The Labute approximate surface area is 119 Å². The molecule has 1 fully saturated rings. The lowest BCUT2D eigenvalue weighted by molar-refractivity contribution is -0.136. The van der Waals surface area contributed by atoms with E-state index >= 15 is 0 Å². The van der Waals surface area contributed by atoms with E-state index in [1.807, 2.05) is 18.7 Å². The van der Waals surface area contributed by atoms with Crippen LogP contribution in [-0.4, -0.2) is 30.5 Å². The van der Waals surface area contributed by atoms with Gasteiger partial charge in [-0.05, 0) is 43.0 Å². The summed E-state index contributed by atoms with van der Waals surface area (Å²) in [5, 5.41) is 0. The number of benzene rings is 1. The molecule has 1 aromatic rings. The second-order valence-corrected chi connectivity index (χ2v) is 5.69. The van der Waals surface area contributed by atoms with Gasteiger partial charge in [-0.3, -0.25) is 4.79 Å². The highest BCUT2D eigenvalue weighted by Gasteiger charge is 2.24. The number of nitrogens with zero attached hydrogens (tertiary/aromatic N) is 1. The van der Waals surface area contributed by atoms with Gasteiger partial charge in [-0.2, -0.15) is 0 Å². The molecular formula is C16H22FNO2. The Kier molecular flexibility index (Phi) is 4.99. The molecule has 0 saturated carbocycles. The zero-order chi connectivity index (χ0) is 14.5. The van der Waals surface area contributed by atoms with Gasteiger partial charge in [0.25, 0.3) is 0 Å². The fourth-order valence-corrected chi connectivity index (χ4v) is 2.43. The summed E-state index contributed by atoms with van der Waals surface area (Å²) in [6.07, 6.45) is 1.94. The number of rotatable bonds is 4. The van der Waals surface area contributed by atoms with E-state index in [2.05, 4.69) is 0 Å². The van der Waals surface area contributed by atoms with Crippen molar-refractivity contribution in [1.82, 2.24) is 4.90 Å². The fraction of sp³-hybridized carbons (Fsp3) is 0.562. The first kappa shape index (κ1) is 14.8. The van der Waals surface area contributed by atoms with E-state index in [0.29, 0.717) is 18.3 Å². The summed E-state index contributed by atoms with van der Waals surface area (Å²) in [4.78, 5) is 13.8. The van der Waals surface area contributed by atoms with Crippen molar-refractivity contribution in [3.63, 3.8) is 0 Å². The molecular weight excluding hydrogens is 257 g/mol. The molecule has 1 heterocycles. The monoisotopic (exact) mass is 279 g/mol. The van der Waals surface area contributed by atoms with Gasteiger partial charge >= 0.3 is 0 Å². The van der Waals surface area contributed by atoms with Crippen LogP contribution < -0.4 is 4.74 Å². The normalized spacial score (nSPS) is 16.5. The van der Waals surface area contributed by atoms with Crippen molar-refractivity contribution in [2.75, 3.05) is 19.7 Å². The average Bonchev–Trinajstić information content (AvgIpc) is 2.46. The minimum atomic E-state index is -0.252.